The van der Waals surface area contributed by atoms with Crippen molar-refractivity contribution in [3.8, 4) is 17.2 Å². The molecule has 120 valence electrons. The van der Waals surface area contributed by atoms with E-state index < -0.39 is 0 Å². The number of methoxy groups -OCH3 is 2. The zero-order valence-corrected chi connectivity index (χ0v) is 13.2. The molecule has 0 heterocycles. The van der Waals surface area contributed by atoms with Gasteiger partial charge in [-0.2, -0.15) is 5.10 Å². The molecule has 0 aliphatic heterocycles. The molecule has 0 spiro atoms. The quantitative estimate of drug-likeness (QED) is 0.656. The molecule has 6 nitrogen and oxygen atoms in total. The van der Waals surface area contributed by atoms with Crippen LogP contribution in [0.2, 0.25) is 0 Å². The summed E-state index contributed by atoms with van der Waals surface area (Å²) in [6, 6.07) is 11.8. The van der Waals surface area contributed by atoms with Gasteiger partial charge in [-0.25, -0.2) is 5.43 Å². The highest BCUT2D eigenvalue weighted by atomic mass is 16.5. The second-order valence-electron chi connectivity index (χ2n) is 4.73. The van der Waals surface area contributed by atoms with Crippen LogP contribution in [0, 0.1) is 0 Å². The van der Waals surface area contributed by atoms with Crippen LogP contribution >= 0.6 is 0 Å². The minimum absolute atomic E-state index is 0.0450. The molecule has 0 aliphatic carbocycles. The normalized spacial score (nSPS) is 11.0. The molecule has 0 radical (unpaired) electrons. The van der Waals surface area contributed by atoms with Gasteiger partial charge in [-0.15, -0.1) is 0 Å². The minimum Gasteiger partial charge on any atom is -0.507 e. The Hall–Kier alpha value is -3.02. The van der Waals surface area contributed by atoms with Crippen LogP contribution in [0.15, 0.2) is 47.6 Å². The van der Waals surface area contributed by atoms with Gasteiger partial charge in [-0.05, 0) is 19.1 Å². The Bertz CT molecular complexity index is 727. The maximum atomic E-state index is 12.0. The summed E-state index contributed by atoms with van der Waals surface area (Å²) in [7, 11) is 2.97. The zero-order chi connectivity index (χ0) is 16.8. The fourth-order valence-corrected chi connectivity index (χ4v) is 2.06. The van der Waals surface area contributed by atoms with Crippen LogP contribution in [0.25, 0.3) is 0 Å². The molecule has 0 bridgehead atoms. The van der Waals surface area contributed by atoms with E-state index in [1.165, 1.54) is 20.3 Å². The van der Waals surface area contributed by atoms with Gasteiger partial charge in [0.05, 0.1) is 25.5 Å². The number of amides is 1. The third-order valence-electron chi connectivity index (χ3n) is 3.23. The summed E-state index contributed by atoms with van der Waals surface area (Å²) in [4.78, 5) is 12.0. The largest absolute Gasteiger partial charge is 0.507 e. The number of hydrogen-bond acceptors (Lipinski definition) is 5. The van der Waals surface area contributed by atoms with Gasteiger partial charge >= 0.3 is 0 Å². The number of nitrogens with zero attached hydrogens (tertiary/aromatic N) is 1. The number of nitrogens with one attached hydrogen (secondary N) is 1. The number of ether oxygens (including phenoxy) is 2. The first-order chi connectivity index (χ1) is 11.1. The predicted molar refractivity (Wildman–Crippen MR) is 87.3 cm³/mol. The minimum atomic E-state index is -0.336. The molecule has 23 heavy (non-hydrogen) atoms. The molecule has 2 aromatic carbocycles. The SMILES string of the molecule is COc1cc(O)c(C(C)=NNC(=O)c2ccccc2)c(OC)c1. The van der Waals surface area contributed by atoms with E-state index in [2.05, 4.69) is 10.5 Å². The molecule has 0 saturated heterocycles. The molecule has 0 fully saturated rings. The van der Waals surface area contributed by atoms with Crippen molar-refractivity contribution in [1.82, 2.24) is 5.43 Å². The highest BCUT2D eigenvalue weighted by molar-refractivity contribution is 6.04. The Balaban J connectivity index is 2.26. The highest BCUT2D eigenvalue weighted by Gasteiger charge is 2.15. The summed E-state index contributed by atoms with van der Waals surface area (Å²) in [5.41, 5.74) is 3.75. The van der Waals surface area contributed by atoms with Crippen molar-refractivity contribution in [3.05, 3.63) is 53.6 Å². The maximum absolute atomic E-state index is 12.0. The van der Waals surface area contributed by atoms with E-state index in [-0.39, 0.29) is 11.7 Å². The van der Waals surface area contributed by atoms with Crippen molar-refractivity contribution in [1.29, 1.82) is 0 Å². The van der Waals surface area contributed by atoms with E-state index in [1.807, 2.05) is 6.07 Å². The van der Waals surface area contributed by atoms with E-state index in [0.29, 0.717) is 28.3 Å². The van der Waals surface area contributed by atoms with E-state index in [9.17, 15) is 9.90 Å². The first-order valence-electron chi connectivity index (χ1n) is 6.92. The van der Waals surface area contributed by atoms with Gasteiger partial charge in [0.15, 0.2) is 0 Å². The van der Waals surface area contributed by atoms with E-state index in [4.69, 9.17) is 9.47 Å². The second kappa shape index (κ2) is 7.31. The molecule has 2 aromatic rings. The lowest BCUT2D eigenvalue weighted by Gasteiger charge is -2.12. The topological polar surface area (TPSA) is 80.2 Å². The van der Waals surface area contributed by atoms with Crippen molar-refractivity contribution < 1.29 is 19.4 Å². The summed E-state index contributed by atoms with van der Waals surface area (Å²) >= 11 is 0. The first kappa shape index (κ1) is 16.4. The van der Waals surface area contributed by atoms with Crippen LogP contribution in [0.5, 0.6) is 17.2 Å². The fourth-order valence-electron chi connectivity index (χ4n) is 2.06. The van der Waals surface area contributed by atoms with Crippen molar-refractivity contribution >= 4 is 11.6 Å². The van der Waals surface area contributed by atoms with Crippen LogP contribution in [0.1, 0.15) is 22.8 Å². The van der Waals surface area contributed by atoms with Gasteiger partial charge in [0.1, 0.15) is 17.2 Å². The smallest absolute Gasteiger partial charge is 0.271 e. The lowest BCUT2D eigenvalue weighted by Crippen LogP contribution is -2.19. The molecule has 2 N–H and O–H groups in total. The summed E-state index contributed by atoms with van der Waals surface area (Å²) in [5, 5.41) is 14.2. The molecule has 1 amide bonds. The van der Waals surface area contributed by atoms with E-state index in [1.54, 1.807) is 37.3 Å². The number of phenols is 1. The Labute approximate surface area is 134 Å². The summed E-state index contributed by atoms with van der Waals surface area (Å²) < 4.78 is 10.3. The van der Waals surface area contributed by atoms with Gasteiger partial charge in [0.25, 0.3) is 5.91 Å². The number of carbonyl (C=O) groups is 1. The van der Waals surface area contributed by atoms with Gasteiger partial charge in [-0.1, -0.05) is 18.2 Å². The van der Waals surface area contributed by atoms with Crippen LogP contribution in [-0.2, 0) is 0 Å². The Morgan fingerprint density at radius 2 is 1.83 bits per heavy atom. The average molecular weight is 314 g/mol. The number of hydrazone groups is 1. The molecular weight excluding hydrogens is 296 g/mol. The number of aromatic hydroxyl groups is 1. The first-order valence-corrected chi connectivity index (χ1v) is 6.92. The molecule has 0 atom stereocenters. The molecule has 0 saturated carbocycles. The highest BCUT2D eigenvalue weighted by Crippen LogP contribution is 2.33. The van der Waals surface area contributed by atoms with Gasteiger partial charge in [0, 0.05) is 17.7 Å². The van der Waals surface area contributed by atoms with Crippen molar-refractivity contribution in [2.75, 3.05) is 14.2 Å². The Kier molecular flexibility index (Phi) is 5.19. The second-order valence-corrected chi connectivity index (χ2v) is 4.73. The predicted octanol–water partition coefficient (Wildman–Crippen LogP) is 2.56. The zero-order valence-electron chi connectivity index (χ0n) is 13.2. The van der Waals surface area contributed by atoms with Crippen LogP contribution in [-0.4, -0.2) is 30.9 Å². The summed E-state index contributed by atoms with van der Waals surface area (Å²) in [6.07, 6.45) is 0. The lowest BCUT2D eigenvalue weighted by atomic mass is 10.1. The third-order valence-corrected chi connectivity index (χ3v) is 3.23. The average Bonchev–Trinajstić information content (AvgIpc) is 2.59. The molecule has 0 aromatic heterocycles. The van der Waals surface area contributed by atoms with Gasteiger partial charge in [-0.3, -0.25) is 4.79 Å². The number of hydrogen-bond donors (Lipinski definition) is 2. The monoisotopic (exact) mass is 314 g/mol. The molecular formula is C17H18N2O4. The third kappa shape index (κ3) is 3.79. The standard InChI is InChI=1S/C17H18N2O4/c1-11(18-19-17(21)12-7-5-4-6-8-12)16-14(20)9-13(22-2)10-15(16)23-3/h4-10,20H,1-3H3,(H,19,21). The molecule has 6 heteroatoms. The number of rotatable bonds is 5. The summed E-state index contributed by atoms with van der Waals surface area (Å²) in [5.74, 6) is 0.481. The van der Waals surface area contributed by atoms with Crippen molar-refractivity contribution in [2.45, 2.75) is 6.92 Å². The molecule has 2 rings (SSSR count). The Morgan fingerprint density at radius 1 is 1.13 bits per heavy atom. The lowest BCUT2D eigenvalue weighted by molar-refractivity contribution is 0.0955. The van der Waals surface area contributed by atoms with Crippen molar-refractivity contribution in [2.24, 2.45) is 5.10 Å². The van der Waals surface area contributed by atoms with Gasteiger partial charge in [0.2, 0.25) is 0 Å². The van der Waals surface area contributed by atoms with Crippen LogP contribution in [0.4, 0.5) is 0 Å². The summed E-state index contributed by atoms with van der Waals surface area (Å²) in [6.45, 7) is 1.66. The maximum Gasteiger partial charge on any atom is 0.271 e. The molecule has 0 aliphatic rings. The fraction of sp³-hybridized carbons (Fsp3) is 0.176. The number of benzene rings is 2. The van der Waals surface area contributed by atoms with E-state index in [0.717, 1.165) is 0 Å². The van der Waals surface area contributed by atoms with Crippen LogP contribution < -0.4 is 14.9 Å². The van der Waals surface area contributed by atoms with Crippen LogP contribution in [0.3, 0.4) is 0 Å². The van der Waals surface area contributed by atoms with Crippen molar-refractivity contribution in [3.63, 3.8) is 0 Å². The molecule has 0 unspecified atom stereocenters. The van der Waals surface area contributed by atoms with E-state index >= 15 is 0 Å². The number of carbonyl (C=O) groups excluding carboxylic acids is 1. The van der Waals surface area contributed by atoms with Gasteiger partial charge < -0.3 is 14.6 Å². The number of phenolic OH excluding ortho intramolecular Hbond substituents is 1. The Morgan fingerprint density at radius 3 is 2.43 bits per heavy atom.